The topological polar surface area (TPSA) is 74.4 Å². The predicted molar refractivity (Wildman–Crippen MR) is 137 cm³/mol. The van der Waals surface area contributed by atoms with Crippen molar-refractivity contribution in [2.75, 3.05) is 20.8 Å². The van der Waals surface area contributed by atoms with Gasteiger partial charge in [-0.2, -0.15) is 0 Å². The molecule has 0 fully saturated rings. The van der Waals surface area contributed by atoms with Crippen molar-refractivity contribution >= 4 is 47.5 Å². The van der Waals surface area contributed by atoms with Gasteiger partial charge in [-0.05, 0) is 42.3 Å². The van der Waals surface area contributed by atoms with Gasteiger partial charge in [0.1, 0.15) is 5.52 Å². The molecule has 0 atom stereocenters. The van der Waals surface area contributed by atoms with Crippen LogP contribution >= 0.6 is 23.2 Å². The smallest absolute Gasteiger partial charge is 0.494 e. The molecule has 0 aliphatic heterocycles. The van der Waals surface area contributed by atoms with E-state index in [0.29, 0.717) is 0 Å². The van der Waals surface area contributed by atoms with Crippen molar-refractivity contribution in [3.8, 4) is 22.6 Å². The molecule has 41 heavy (non-hydrogen) atoms. The van der Waals surface area contributed by atoms with Crippen molar-refractivity contribution in [3.05, 3.63) is 76.3 Å². The highest BCUT2D eigenvalue weighted by molar-refractivity contribution is 6.50. The van der Waals surface area contributed by atoms with E-state index >= 15 is 0 Å². The van der Waals surface area contributed by atoms with E-state index in [1.54, 1.807) is 13.0 Å². The molecule has 0 aliphatic rings. The zero-order valence-electron chi connectivity index (χ0n) is 21.3. The Morgan fingerprint density at radius 2 is 1.39 bits per heavy atom. The van der Waals surface area contributed by atoms with E-state index in [1.165, 1.54) is 50.9 Å². The third-order valence-electron chi connectivity index (χ3n) is 4.81. The summed E-state index contributed by atoms with van der Waals surface area (Å²) >= 11 is 10.6. The first-order valence-electron chi connectivity index (χ1n) is 11.2. The number of halogens is 9. The minimum Gasteiger partial charge on any atom is -0.494 e. The van der Waals surface area contributed by atoms with Crippen LogP contribution in [0.2, 0.25) is 10.3 Å². The largest absolute Gasteiger partial charge is 0.673 e. The molecule has 2 heterocycles. The van der Waals surface area contributed by atoms with Gasteiger partial charge in [0.05, 0.1) is 46.7 Å². The molecule has 17 heteroatoms. The summed E-state index contributed by atoms with van der Waals surface area (Å²) in [5.41, 5.74) is 0.204. The van der Waals surface area contributed by atoms with Crippen LogP contribution in [0.15, 0.2) is 48.8 Å². The lowest BCUT2D eigenvalue weighted by atomic mass is 9.99. The number of methoxy groups -OCH3 is 2. The number of benzene rings is 2. The Labute approximate surface area is 238 Å². The van der Waals surface area contributed by atoms with Gasteiger partial charge in [0.2, 0.25) is 0 Å². The molecule has 0 amide bonds. The van der Waals surface area contributed by atoms with Crippen LogP contribution in [-0.4, -0.2) is 44.0 Å². The number of pyridine rings is 1. The number of carbonyl (C=O) groups excluding carboxylic acids is 1. The lowest BCUT2D eigenvalue weighted by molar-refractivity contribution is -0.840. The molecule has 0 saturated carbocycles. The summed E-state index contributed by atoms with van der Waals surface area (Å²) in [6, 6.07) is 8.30. The molecule has 220 valence electrons. The van der Waals surface area contributed by atoms with Crippen LogP contribution in [0.4, 0.5) is 30.5 Å². The molecule has 0 bridgehead atoms. The van der Waals surface area contributed by atoms with Crippen LogP contribution in [0.3, 0.4) is 0 Å². The summed E-state index contributed by atoms with van der Waals surface area (Å²) in [7, 11) is -3.47. The molecule has 0 unspecified atom stereocenters. The first-order chi connectivity index (χ1) is 19.2. The van der Waals surface area contributed by atoms with Crippen LogP contribution in [0.1, 0.15) is 17.3 Å². The van der Waals surface area contributed by atoms with Crippen molar-refractivity contribution in [2.24, 2.45) is 0 Å². The number of fused-ring (bicyclic) bond motifs is 1. The Morgan fingerprint density at radius 1 is 0.902 bits per heavy atom. The van der Waals surface area contributed by atoms with Crippen LogP contribution in [0, 0.1) is 11.6 Å². The van der Waals surface area contributed by atoms with Gasteiger partial charge in [-0.25, -0.2) is 13.6 Å². The third kappa shape index (κ3) is 8.82. The molecule has 2 aromatic heterocycles. The summed E-state index contributed by atoms with van der Waals surface area (Å²) in [6.45, 7) is 1.85. The SMILES string of the molecule is CCOC(=O)c1ccc(-c2c(F)c(OC)cc(OC)c2F)c2nccnc12.F[B-](F)(F)F.F[n+]1c(Cl)cccc1Cl. The monoisotopic (exact) mass is 627 g/mol. The minimum atomic E-state index is -6.00. The van der Waals surface area contributed by atoms with E-state index in [2.05, 4.69) is 9.97 Å². The predicted octanol–water partition coefficient (Wildman–Crippen LogP) is 7.08. The standard InChI is InChI=1S/C19H16F2N2O4.C5H3Cl2FN.BF4/c1-4-27-19(24)11-6-5-10(17-18(11)23-8-7-22-17)14-15(20)12(25-2)9-13(26-3)16(14)21;6-4-2-1-3-5(7)9(4)8;2-1(3,4)5/h5-9H,4H2,1-3H3;1-3H;/q;+1;-1. The first-order valence-corrected chi connectivity index (χ1v) is 11.9. The van der Waals surface area contributed by atoms with E-state index < -0.39 is 24.9 Å². The van der Waals surface area contributed by atoms with E-state index in [9.17, 15) is 35.3 Å². The van der Waals surface area contributed by atoms with E-state index in [4.69, 9.17) is 37.4 Å². The van der Waals surface area contributed by atoms with Gasteiger partial charge < -0.3 is 31.5 Å². The molecular weight excluding hydrogens is 609 g/mol. The van der Waals surface area contributed by atoms with Gasteiger partial charge in [0.25, 0.3) is 0 Å². The average Bonchev–Trinajstić information content (AvgIpc) is 2.91. The number of rotatable bonds is 5. The zero-order valence-corrected chi connectivity index (χ0v) is 22.8. The highest BCUT2D eigenvalue weighted by Gasteiger charge is 2.25. The summed E-state index contributed by atoms with van der Waals surface area (Å²) in [6.07, 6.45) is 2.75. The normalized spacial score (nSPS) is 10.6. The van der Waals surface area contributed by atoms with Crippen molar-refractivity contribution in [1.29, 1.82) is 0 Å². The van der Waals surface area contributed by atoms with E-state index in [-0.39, 0.29) is 60.9 Å². The lowest BCUT2D eigenvalue weighted by Gasteiger charge is -2.14. The fourth-order valence-electron chi connectivity index (χ4n) is 3.19. The van der Waals surface area contributed by atoms with E-state index in [1.807, 2.05) is 0 Å². The van der Waals surface area contributed by atoms with Crippen LogP contribution in [-0.2, 0) is 4.74 Å². The maximum absolute atomic E-state index is 14.9. The minimum absolute atomic E-state index is 0.0255. The maximum atomic E-state index is 14.9. The molecule has 2 aromatic carbocycles. The molecule has 7 nitrogen and oxygen atoms in total. The van der Waals surface area contributed by atoms with Gasteiger partial charge in [-0.15, -0.1) is 0 Å². The van der Waals surface area contributed by atoms with Gasteiger partial charge in [-0.3, -0.25) is 9.97 Å². The molecule has 4 aromatic rings. The molecule has 4 rings (SSSR count). The molecule has 0 radical (unpaired) electrons. The number of ether oxygens (including phenoxy) is 3. The number of esters is 1. The molecule has 0 aliphatic carbocycles. The Morgan fingerprint density at radius 3 is 1.83 bits per heavy atom. The second-order valence-corrected chi connectivity index (χ2v) is 8.14. The average molecular weight is 628 g/mol. The first kappa shape index (κ1) is 33.4. The summed E-state index contributed by atoms with van der Waals surface area (Å²) in [5.74, 6) is -2.79. The Balaban J connectivity index is 0.000000345. The molecule has 0 spiro atoms. The molecular formula is C24H19BCl2F7N3O4. The zero-order chi connectivity index (χ0) is 30.9. The Bertz CT molecular complexity index is 1480. The van der Waals surface area contributed by atoms with Gasteiger partial charge in [-0.1, -0.05) is 6.07 Å². The fraction of sp³-hybridized carbons (Fsp3) is 0.167. The highest BCUT2D eigenvalue weighted by atomic mass is 35.5. The fourth-order valence-corrected chi connectivity index (χ4v) is 3.56. The van der Waals surface area contributed by atoms with Crippen molar-refractivity contribution < 1.29 is 54.3 Å². The maximum Gasteiger partial charge on any atom is 0.673 e. The second-order valence-electron chi connectivity index (χ2n) is 7.37. The number of carbonyl (C=O) groups is 1. The number of hydrogen-bond acceptors (Lipinski definition) is 6. The quantitative estimate of drug-likeness (QED) is 0.102. The van der Waals surface area contributed by atoms with Gasteiger partial charge in [0, 0.05) is 36.2 Å². The van der Waals surface area contributed by atoms with Crippen LogP contribution < -0.4 is 14.3 Å². The summed E-state index contributed by atoms with van der Waals surface area (Å²) < 4.78 is 96.1. The Hall–Kier alpha value is -3.85. The van der Waals surface area contributed by atoms with Gasteiger partial charge in [0.15, 0.2) is 23.1 Å². The Kier molecular flexibility index (Phi) is 12.0. The molecule has 0 saturated heterocycles. The third-order valence-corrected chi connectivity index (χ3v) is 5.35. The lowest BCUT2D eigenvalue weighted by Crippen LogP contribution is -2.24. The molecule has 0 N–H and O–H groups in total. The van der Waals surface area contributed by atoms with Gasteiger partial charge >= 0.3 is 23.5 Å². The number of aromatic nitrogens is 3. The van der Waals surface area contributed by atoms with E-state index in [0.717, 1.165) is 6.07 Å². The van der Waals surface area contributed by atoms with Crippen LogP contribution in [0.5, 0.6) is 11.5 Å². The van der Waals surface area contributed by atoms with Crippen molar-refractivity contribution in [1.82, 2.24) is 9.97 Å². The highest BCUT2D eigenvalue weighted by Crippen LogP contribution is 2.40. The summed E-state index contributed by atoms with van der Waals surface area (Å²) in [5, 5.41) is -0.0509. The number of nitrogens with zero attached hydrogens (tertiary/aromatic N) is 3. The number of hydrogen-bond donors (Lipinski definition) is 0. The van der Waals surface area contributed by atoms with Crippen molar-refractivity contribution in [3.63, 3.8) is 0 Å². The van der Waals surface area contributed by atoms with Crippen LogP contribution in [0.25, 0.3) is 22.2 Å². The summed E-state index contributed by atoms with van der Waals surface area (Å²) in [4.78, 5) is 20.7. The van der Waals surface area contributed by atoms with Crippen molar-refractivity contribution in [2.45, 2.75) is 6.92 Å². The second kappa shape index (κ2) is 14.7.